The lowest BCUT2D eigenvalue weighted by Crippen LogP contribution is -2.90. The summed E-state index contributed by atoms with van der Waals surface area (Å²) >= 11 is 0. The Morgan fingerprint density at radius 1 is 0.400 bits per heavy atom. The maximum atomic E-state index is 12.2. The van der Waals surface area contributed by atoms with Crippen LogP contribution in [0.15, 0.2) is 0 Å². The fourth-order valence-corrected chi connectivity index (χ4v) is 8.84. The fraction of sp³-hybridized carbons (Fsp3) is 1.00. The first-order valence-electron chi connectivity index (χ1n) is 4.08. The molecule has 20 heavy (non-hydrogen) atoms. The van der Waals surface area contributed by atoms with Gasteiger partial charge in [0.15, 0.2) is 0 Å². The molecular formula is C4F12O2Si2. The van der Waals surface area contributed by atoms with Gasteiger partial charge in [-0.3, -0.25) is 0 Å². The molecule has 120 valence electrons. The molecule has 0 aromatic carbocycles. The van der Waals surface area contributed by atoms with Crippen molar-refractivity contribution in [2.75, 3.05) is 0 Å². The van der Waals surface area contributed by atoms with Crippen LogP contribution in [0.1, 0.15) is 0 Å². The Morgan fingerprint density at radius 3 is 0.650 bits per heavy atom. The number of halogens is 12. The van der Waals surface area contributed by atoms with E-state index in [-0.39, 0.29) is 0 Å². The van der Waals surface area contributed by atoms with Crippen molar-refractivity contribution in [2.24, 2.45) is 0 Å². The summed E-state index contributed by atoms with van der Waals surface area (Å²) in [7, 11) is -15.4. The zero-order valence-corrected chi connectivity index (χ0v) is 10.4. The minimum atomic E-state index is -7.68. The van der Waals surface area contributed by atoms with Crippen LogP contribution in [-0.4, -0.2) is 40.3 Å². The largest absolute Gasteiger partial charge is 0.557 e. The van der Waals surface area contributed by atoms with Crippen LogP contribution in [0.5, 0.6) is 0 Å². The normalized spacial score (nSPS) is 23.4. The lowest BCUT2D eigenvalue weighted by Gasteiger charge is -2.52. The summed E-state index contributed by atoms with van der Waals surface area (Å²) in [4.78, 5) is 0. The molecule has 0 atom stereocenters. The Morgan fingerprint density at radius 2 is 0.550 bits per heavy atom. The third-order valence-electron chi connectivity index (χ3n) is 2.07. The maximum absolute atomic E-state index is 12.2. The number of hydrogen-bond acceptors (Lipinski definition) is 2. The first kappa shape index (κ1) is 17.6. The molecule has 0 aromatic rings. The van der Waals surface area contributed by atoms with E-state index in [9.17, 15) is 52.7 Å². The average molecular weight is 364 g/mol. The van der Waals surface area contributed by atoms with Crippen LogP contribution in [0.3, 0.4) is 0 Å². The molecule has 1 rings (SSSR count). The lowest BCUT2D eigenvalue weighted by molar-refractivity contribution is -0.216. The van der Waals surface area contributed by atoms with Crippen LogP contribution < -0.4 is 0 Å². The summed E-state index contributed by atoms with van der Waals surface area (Å²) in [6.45, 7) is 0. The van der Waals surface area contributed by atoms with E-state index in [1.54, 1.807) is 0 Å². The van der Waals surface area contributed by atoms with E-state index in [0.717, 1.165) is 0 Å². The van der Waals surface area contributed by atoms with E-state index in [1.165, 1.54) is 0 Å². The summed E-state index contributed by atoms with van der Waals surface area (Å²) in [6.07, 6.45) is 0. The highest BCUT2D eigenvalue weighted by molar-refractivity contribution is 6.97. The van der Waals surface area contributed by atoms with Crippen molar-refractivity contribution in [3.8, 4) is 0 Å². The smallest absolute Gasteiger partial charge is 0.393 e. The summed E-state index contributed by atoms with van der Waals surface area (Å²) in [6, 6.07) is 0. The fourth-order valence-electron chi connectivity index (χ4n) is 1.20. The minimum Gasteiger partial charge on any atom is -0.393 e. The zero-order chi connectivity index (χ0) is 16.4. The van der Waals surface area contributed by atoms with Crippen molar-refractivity contribution in [1.29, 1.82) is 0 Å². The van der Waals surface area contributed by atoms with E-state index in [4.69, 9.17) is 0 Å². The summed E-state index contributed by atoms with van der Waals surface area (Å²) in [5, 5.41) is 0. The first-order chi connectivity index (χ1) is 8.41. The highest BCUT2D eigenvalue weighted by Gasteiger charge is 3.00. The Hall–Kier alpha value is -0.486. The Kier molecular flexibility index (Phi) is 3.54. The Labute approximate surface area is 102 Å². The van der Waals surface area contributed by atoms with E-state index in [0.29, 0.717) is 0 Å². The van der Waals surface area contributed by atoms with E-state index in [2.05, 4.69) is 8.23 Å². The van der Waals surface area contributed by atoms with Gasteiger partial charge in [-0.1, -0.05) is 0 Å². The molecular weight excluding hydrogens is 364 g/mol. The zero-order valence-electron chi connectivity index (χ0n) is 8.35. The van der Waals surface area contributed by atoms with Gasteiger partial charge in [-0.05, 0) is 0 Å². The monoisotopic (exact) mass is 364 g/mol. The molecule has 0 N–H and O–H groups in total. The summed E-state index contributed by atoms with van der Waals surface area (Å²) in [5.41, 5.74) is 0. The van der Waals surface area contributed by atoms with Gasteiger partial charge in [-0.2, -0.15) is 52.7 Å². The van der Waals surface area contributed by atoms with Gasteiger partial charge in [0.05, 0.1) is 0 Å². The van der Waals surface area contributed by atoms with Gasteiger partial charge in [-0.25, -0.2) is 0 Å². The topological polar surface area (TPSA) is 18.5 Å². The predicted octanol–water partition coefficient (Wildman–Crippen LogP) is 3.32. The number of alkyl halides is 12. The Balaban J connectivity index is 3.33. The minimum absolute atomic E-state index is 2.53. The van der Waals surface area contributed by atoms with Crippen LogP contribution in [0.4, 0.5) is 52.7 Å². The van der Waals surface area contributed by atoms with Crippen molar-refractivity contribution in [2.45, 2.75) is 23.2 Å². The van der Waals surface area contributed by atoms with Crippen LogP contribution in [0.2, 0.25) is 0 Å². The van der Waals surface area contributed by atoms with Crippen molar-refractivity contribution in [1.82, 2.24) is 0 Å². The van der Waals surface area contributed by atoms with Crippen molar-refractivity contribution in [3.05, 3.63) is 0 Å². The van der Waals surface area contributed by atoms with E-state index < -0.39 is 40.3 Å². The molecule has 0 aromatic heterocycles. The van der Waals surface area contributed by atoms with Crippen LogP contribution in [-0.2, 0) is 8.23 Å². The molecule has 0 unspecified atom stereocenters. The van der Waals surface area contributed by atoms with Gasteiger partial charge in [0.2, 0.25) is 0 Å². The molecule has 0 radical (unpaired) electrons. The van der Waals surface area contributed by atoms with Gasteiger partial charge in [0, 0.05) is 0 Å². The molecule has 1 heterocycles. The molecule has 1 aliphatic rings. The summed E-state index contributed by atoms with van der Waals surface area (Å²) in [5.74, 6) is -26.1. The molecule has 1 aliphatic heterocycles. The van der Waals surface area contributed by atoms with Crippen molar-refractivity contribution >= 4 is 17.1 Å². The molecule has 0 spiro atoms. The quantitative estimate of drug-likeness (QED) is 0.485. The van der Waals surface area contributed by atoms with Gasteiger partial charge in [0.1, 0.15) is 0 Å². The molecule has 0 bridgehead atoms. The van der Waals surface area contributed by atoms with Crippen LogP contribution >= 0.6 is 0 Å². The third kappa shape index (κ3) is 2.12. The SMILES string of the molecule is FC(F)(F)[Si]1(C(F)(F)F)O[Si](C(F)(F)F)(C(F)(F)F)O1. The van der Waals surface area contributed by atoms with Gasteiger partial charge >= 0.3 is 40.3 Å². The van der Waals surface area contributed by atoms with Gasteiger partial charge in [0.25, 0.3) is 0 Å². The van der Waals surface area contributed by atoms with Gasteiger partial charge < -0.3 is 8.23 Å². The number of hydrogen-bond donors (Lipinski definition) is 0. The molecule has 16 heteroatoms. The average Bonchev–Trinajstić information content (AvgIpc) is 1.87. The highest BCUT2D eigenvalue weighted by atomic mass is 28.5. The molecule has 0 amide bonds. The Bertz CT molecular complexity index is 314. The van der Waals surface area contributed by atoms with E-state index >= 15 is 0 Å². The van der Waals surface area contributed by atoms with Crippen molar-refractivity contribution < 1.29 is 60.9 Å². The maximum Gasteiger partial charge on any atom is 0.557 e. The van der Waals surface area contributed by atoms with Crippen LogP contribution in [0.25, 0.3) is 0 Å². The second-order valence-electron chi connectivity index (χ2n) is 3.43. The summed E-state index contributed by atoms with van der Waals surface area (Å²) < 4.78 is 151. The number of rotatable bonds is 0. The molecule has 0 saturated carbocycles. The standard InChI is InChI=1S/C4F12O2Si2/c5-1(6,7)19(2(8,9)10)17-20(18-19,3(11,12)13)4(14,15)16. The van der Waals surface area contributed by atoms with Crippen molar-refractivity contribution in [3.63, 3.8) is 0 Å². The third-order valence-corrected chi connectivity index (χ3v) is 9.65. The van der Waals surface area contributed by atoms with Gasteiger partial charge in [-0.15, -0.1) is 0 Å². The first-order valence-corrected chi connectivity index (χ1v) is 7.72. The highest BCUT2D eigenvalue weighted by Crippen LogP contribution is 2.59. The predicted molar refractivity (Wildman–Crippen MR) is 37.9 cm³/mol. The lowest BCUT2D eigenvalue weighted by atomic mass is 11.5. The van der Waals surface area contributed by atoms with Crippen LogP contribution in [0, 0.1) is 0 Å². The molecule has 2 nitrogen and oxygen atoms in total. The second-order valence-corrected chi connectivity index (χ2v) is 9.80. The second kappa shape index (κ2) is 4.04. The molecule has 1 saturated heterocycles. The molecule has 0 aliphatic carbocycles. The van der Waals surface area contributed by atoms with E-state index in [1.807, 2.05) is 0 Å². The molecule has 1 fully saturated rings.